The quantitative estimate of drug-likeness (QED) is 0.652. The molecule has 1 saturated carbocycles. The summed E-state index contributed by atoms with van der Waals surface area (Å²) in [5.41, 5.74) is 1.60. The van der Waals surface area contributed by atoms with Crippen LogP contribution in [-0.2, 0) is 0 Å². The molecular weight excluding hydrogens is 228 g/mol. The van der Waals surface area contributed by atoms with E-state index < -0.39 is 0 Å². The lowest BCUT2D eigenvalue weighted by Crippen LogP contribution is -2.25. The Hall–Kier alpha value is -1.58. The third-order valence-corrected chi connectivity index (χ3v) is 3.80. The molecule has 0 saturated heterocycles. The van der Waals surface area contributed by atoms with Crippen molar-refractivity contribution in [2.24, 2.45) is 5.92 Å². The lowest BCUT2D eigenvalue weighted by atomic mass is 9.87. The van der Waals surface area contributed by atoms with E-state index in [1.807, 2.05) is 12.1 Å². The Morgan fingerprint density at radius 1 is 1.28 bits per heavy atom. The minimum atomic E-state index is -0.289. The zero-order valence-corrected chi connectivity index (χ0v) is 11.0. The van der Waals surface area contributed by atoms with E-state index in [4.69, 9.17) is 0 Å². The zero-order valence-electron chi connectivity index (χ0n) is 11.0. The van der Waals surface area contributed by atoms with Crippen molar-refractivity contribution in [2.45, 2.75) is 45.6 Å². The largest absolute Gasteiger partial charge is 0.377 e. The first-order chi connectivity index (χ1) is 8.58. The topological polar surface area (TPSA) is 55.2 Å². The van der Waals surface area contributed by atoms with Crippen LogP contribution >= 0.6 is 0 Å². The maximum absolute atomic E-state index is 11.1. The van der Waals surface area contributed by atoms with Gasteiger partial charge in [0.2, 0.25) is 0 Å². The predicted octanol–water partition coefficient (Wildman–Crippen LogP) is 3.89. The summed E-state index contributed by atoms with van der Waals surface area (Å²) in [6.45, 7) is 4.05. The number of hydrogen-bond donors (Lipinski definition) is 1. The van der Waals surface area contributed by atoms with Gasteiger partial charge in [-0.3, -0.25) is 10.1 Å². The highest BCUT2D eigenvalue weighted by Crippen LogP contribution is 2.32. The molecule has 0 spiro atoms. The minimum absolute atomic E-state index is 0.219. The Morgan fingerprint density at radius 2 is 1.94 bits per heavy atom. The number of nitro groups is 1. The van der Waals surface area contributed by atoms with Crippen molar-refractivity contribution in [3.05, 3.63) is 33.9 Å². The Labute approximate surface area is 108 Å². The summed E-state index contributed by atoms with van der Waals surface area (Å²) in [4.78, 5) is 10.8. The molecule has 1 N–H and O–H groups in total. The fourth-order valence-electron chi connectivity index (χ4n) is 2.64. The number of nitrogens with one attached hydrogen (secondary N) is 1. The number of benzene rings is 1. The van der Waals surface area contributed by atoms with Crippen LogP contribution in [0.2, 0.25) is 0 Å². The van der Waals surface area contributed by atoms with Crippen molar-refractivity contribution < 1.29 is 4.92 Å². The molecule has 18 heavy (non-hydrogen) atoms. The summed E-state index contributed by atoms with van der Waals surface area (Å²) in [5.74, 6) is 0.788. The Morgan fingerprint density at radius 3 is 2.56 bits per heavy atom. The van der Waals surface area contributed by atoms with Gasteiger partial charge in [0.25, 0.3) is 5.69 Å². The van der Waals surface area contributed by atoms with E-state index in [-0.39, 0.29) is 10.6 Å². The molecule has 1 aliphatic carbocycles. The van der Waals surface area contributed by atoms with E-state index in [2.05, 4.69) is 12.2 Å². The number of rotatable bonds is 3. The Bertz CT molecular complexity index is 437. The van der Waals surface area contributed by atoms with Crippen molar-refractivity contribution >= 4 is 11.4 Å². The van der Waals surface area contributed by atoms with Gasteiger partial charge in [0.05, 0.1) is 4.92 Å². The molecule has 4 heteroatoms. The first-order valence-corrected chi connectivity index (χ1v) is 6.58. The molecule has 0 unspecified atom stereocenters. The van der Waals surface area contributed by atoms with Gasteiger partial charge < -0.3 is 5.32 Å². The fraction of sp³-hybridized carbons (Fsp3) is 0.571. The van der Waals surface area contributed by atoms with E-state index in [1.54, 1.807) is 13.0 Å². The Kier molecular flexibility index (Phi) is 3.84. The van der Waals surface area contributed by atoms with Crippen LogP contribution in [0.15, 0.2) is 18.2 Å². The van der Waals surface area contributed by atoms with E-state index in [0.717, 1.165) is 18.8 Å². The van der Waals surface area contributed by atoms with E-state index >= 15 is 0 Å². The van der Waals surface area contributed by atoms with Gasteiger partial charge in [0.1, 0.15) is 5.69 Å². The van der Waals surface area contributed by atoms with Crippen LogP contribution in [0, 0.1) is 23.0 Å². The highest BCUT2D eigenvalue weighted by molar-refractivity contribution is 5.65. The standard InChI is InChI=1S/C14H20N2O2/c1-10-6-8-12(9-7-10)15-13-5-3-4-11(2)14(13)16(17)18/h3-5,10,12,15H,6-9H2,1-2H3. The van der Waals surface area contributed by atoms with Gasteiger partial charge in [-0.15, -0.1) is 0 Å². The van der Waals surface area contributed by atoms with Crippen LogP contribution in [0.25, 0.3) is 0 Å². The van der Waals surface area contributed by atoms with Gasteiger partial charge in [-0.25, -0.2) is 0 Å². The van der Waals surface area contributed by atoms with Crippen molar-refractivity contribution in [3.63, 3.8) is 0 Å². The monoisotopic (exact) mass is 248 g/mol. The maximum Gasteiger partial charge on any atom is 0.295 e. The second-order valence-electron chi connectivity index (χ2n) is 5.33. The lowest BCUT2D eigenvalue weighted by Gasteiger charge is -2.27. The summed E-state index contributed by atoms with van der Waals surface area (Å²) in [6, 6.07) is 5.84. The predicted molar refractivity (Wildman–Crippen MR) is 72.9 cm³/mol. The van der Waals surface area contributed by atoms with Crippen molar-refractivity contribution in [1.29, 1.82) is 0 Å². The SMILES string of the molecule is Cc1cccc(NC2CCC(C)CC2)c1[N+](=O)[O-]. The molecular formula is C14H20N2O2. The molecule has 0 heterocycles. The molecule has 0 radical (unpaired) electrons. The van der Waals surface area contributed by atoms with Gasteiger partial charge >= 0.3 is 0 Å². The van der Waals surface area contributed by atoms with Crippen LogP contribution in [-0.4, -0.2) is 11.0 Å². The van der Waals surface area contributed by atoms with Crippen LogP contribution < -0.4 is 5.32 Å². The number of para-hydroxylation sites is 1. The molecule has 1 fully saturated rings. The molecule has 0 aromatic heterocycles. The highest BCUT2D eigenvalue weighted by Gasteiger charge is 2.22. The van der Waals surface area contributed by atoms with Gasteiger partial charge in [0, 0.05) is 11.6 Å². The molecule has 1 aromatic rings. The number of anilines is 1. The first-order valence-electron chi connectivity index (χ1n) is 6.58. The van der Waals surface area contributed by atoms with Crippen molar-refractivity contribution in [3.8, 4) is 0 Å². The summed E-state index contributed by atoms with van der Waals surface area (Å²) in [7, 11) is 0. The molecule has 1 aromatic carbocycles. The second kappa shape index (κ2) is 5.38. The second-order valence-corrected chi connectivity index (χ2v) is 5.33. The Balaban J connectivity index is 2.14. The molecule has 4 nitrogen and oxygen atoms in total. The summed E-state index contributed by atoms with van der Waals surface area (Å²) >= 11 is 0. The average Bonchev–Trinajstić information content (AvgIpc) is 2.32. The van der Waals surface area contributed by atoms with Gasteiger partial charge in [0.15, 0.2) is 0 Å². The normalized spacial score (nSPS) is 23.7. The summed E-state index contributed by atoms with van der Waals surface area (Å²) in [5, 5.41) is 14.5. The summed E-state index contributed by atoms with van der Waals surface area (Å²) in [6.07, 6.45) is 4.62. The first kappa shape index (κ1) is 12.9. The molecule has 0 amide bonds. The molecule has 98 valence electrons. The highest BCUT2D eigenvalue weighted by atomic mass is 16.6. The third-order valence-electron chi connectivity index (χ3n) is 3.80. The van der Waals surface area contributed by atoms with Gasteiger partial charge in [-0.1, -0.05) is 19.1 Å². The molecule has 0 atom stereocenters. The number of nitro benzene ring substituents is 1. The maximum atomic E-state index is 11.1. The molecule has 2 rings (SSSR count). The van der Waals surface area contributed by atoms with Gasteiger partial charge in [-0.05, 0) is 44.6 Å². The third kappa shape index (κ3) is 2.81. The van der Waals surface area contributed by atoms with Crippen LogP contribution in [0.1, 0.15) is 38.2 Å². The van der Waals surface area contributed by atoms with Crippen LogP contribution in [0.4, 0.5) is 11.4 Å². The van der Waals surface area contributed by atoms with Crippen molar-refractivity contribution in [1.82, 2.24) is 0 Å². The smallest absolute Gasteiger partial charge is 0.295 e. The zero-order chi connectivity index (χ0) is 13.1. The number of aryl methyl sites for hydroxylation is 1. The lowest BCUT2D eigenvalue weighted by molar-refractivity contribution is -0.384. The molecule has 0 aliphatic heterocycles. The molecule has 1 aliphatic rings. The van der Waals surface area contributed by atoms with Crippen LogP contribution in [0.5, 0.6) is 0 Å². The average molecular weight is 248 g/mol. The molecule has 0 bridgehead atoms. The van der Waals surface area contributed by atoms with Crippen LogP contribution in [0.3, 0.4) is 0 Å². The number of hydrogen-bond acceptors (Lipinski definition) is 3. The number of nitrogens with zero attached hydrogens (tertiary/aromatic N) is 1. The van der Waals surface area contributed by atoms with E-state index in [0.29, 0.717) is 17.3 Å². The van der Waals surface area contributed by atoms with Crippen molar-refractivity contribution in [2.75, 3.05) is 5.32 Å². The van der Waals surface area contributed by atoms with E-state index in [9.17, 15) is 10.1 Å². The van der Waals surface area contributed by atoms with Gasteiger partial charge in [-0.2, -0.15) is 0 Å². The fourth-order valence-corrected chi connectivity index (χ4v) is 2.64. The minimum Gasteiger partial charge on any atom is -0.377 e. The van der Waals surface area contributed by atoms with E-state index in [1.165, 1.54) is 12.8 Å². The summed E-state index contributed by atoms with van der Waals surface area (Å²) < 4.78 is 0.